The summed E-state index contributed by atoms with van der Waals surface area (Å²) >= 11 is 0. The average molecular weight is 303 g/mol. The quantitative estimate of drug-likeness (QED) is 0.879. The Hall–Kier alpha value is -2.11. The number of ether oxygens (including phenoxy) is 3. The van der Waals surface area contributed by atoms with Crippen LogP contribution in [0.2, 0.25) is 0 Å². The fraction of sp³-hybridized carbons (Fsp3) is 0.294. The van der Waals surface area contributed by atoms with Gasteiger partial charge < -0.3 is 19.9 Å². The van der Waals surface area contributed by atoms with E-state index in [2.05, 4.69) is 0 Å². The van der Waals surface area contributed by atoms with Gasteiger partial charge in [-0.2, -0.15) is 0 Å². The van der Waals surface area contributed by atoms with E-state index in [1.807, 2.05) is 6.07 Å². The predicted molar refractivity (Wildman–Crippen MR) is 80.8 cm³/mol. The van der Waals surface area contributed by atoms with Crippen LogP contribution in [-0.2, 0) is 16.1 Å². The molecule has 0 saturated carbocycles. The molecule has 1 heterocycles. The summed E-state index contributed by atoms with van der Waals surface area (Å²) in [7, 11) is 0. The van der Waals surface area contributed by atoms with Crippen LogP contribution in [-0.4, -0.2) is 13.2 Å². The predicted octanol–water partition coefficient (Wildman–Crippen LogP) is 3.42. The molecular formula is C17H18FNO3. The monoisotopic (exact) mass is 303 g/mol. The first-order valence-electron chi connectivity index (χ1n) is 7.22. The Bertz CT molecular complexity index is 642. The van der Waals surface area contributed by atoms with Crippen molar-refractivity contribution in [2.45, 2.75) is 19.3 Å². The molecule has 0 aliphatic carbocycles. The summed E-state index contributed by atoms with van der Waals surface area (Å²) < 4.78 is 29.9. The summed E-state index contributed by atoms with van der Waals surface area (Å²) in [6.45, 7) is 1.63. The van der Waals surface area contributed by atoms with Gasteiger partial charge in [-0.15, -0.1) is 0 Å². The van der Waals surface area contributed by atoms with Crippen molar-refractivity contribution in [1.82, 2.24) is 0 Å². The number of anilines is 1. The summed E-state index contributed by atoms with van der Waals surface area (Å²) in [4.78, 5) is 0. The van der Waals surface area contributed by atoms with E-state index < -0.39 is 0 Å². The summed E-state index contributed by atoms with van der Waals surface area (Å²) in [6.07, 6.45) is 0.536. The molecule has 0 bridgehead atoms. The Balaban J connectivity index is 1.67. The van der Waals surface area contributed by atoms with Gasteiger partial charge in [0.1, 0.15) is 18.2 Å². The van der Waals surface area contributed by atoms with Gasteiger partial charge in [-0.25, -0.2) is 4.39 Å². The second kappa shape index (κ2) is 6.77. The first-order chi connectivity index (χ1) is 10.7. The molecule has 5 heteroatoms. The molecule has 0 amide bonds. The van der Waals surface area contributed by atoms with Crippen LogP contribution in [0.25, 0.3) is 0 Å². The van der Waals surface area contributed by atoms with Crippen molar-refractivity contribution in [3.05, 3.63) is 59.4 Å². The SMILES string of the molecule is Nc1cc(C2OCCCO2)ccc1OCc1cccc(F)c1. The smallest absolute Gasteiger partial charge is 0.183 e. The molecule has 0 atom stereocenters. The van der Waals surface area contributed by atoms with Crippen molar-refractivity contribution in [3.8, 4) is 5.75 Å². The molecular weight excluding hydrogens is 285 g/mol. The maximum absolute atomic E-state index is 13.1. The van der Waals surface area contributed by atoms with Gasteiger partial charge in [-0.05, 0) is 36.2 Å². The minimum atomic E-state index is -0.367. The van der Waals surface area contributed by atoms with Crippen molar-refractivity contribution in [3.63, 3.8) is 0 Å². The van der Waals surface area contributed by atoms with Crippen LogP contribution >= 0.6 is 0 Å². The van der Waals surface area contributed by atoms with E-state index in [-0.39, 0.29) is 18.7 Å². The molecule has 1 aliphatic rings. The highest BCUT2D eigenvalue weighted by Crippen LogP contribution is 2.29. The van der Waals surface area contributed by atoms with E-state index >= 15 is 0 Å². The van der Waals surface area contributed by atoms with E-state index in [0.29, 0.717) is 24.7 Å². The van der Waals surface area contributed by atoms with Crippen LogP contribution < -0.4 is 10.5 Å². The molecule has 1 fully saturated rings. The molecule has 3 rings (SSSR count). The molecule has 2 aromatic rings. The Labute approximate surface area is 128 Å². The highest BCUT2D eigenvalue weighted by Gasteiger charge is 2.17. The largest absolute Gasteiger partial charge is 0.487 e. The first kappa shape index (κ1) is 14.8. The van der Waals surface area contributed by atoms with E-state index in [0.717, 1.165) is 17.5 Å². The van der Waals surface area contributed by atoms with E-state index in [1.54, 1.807) is 24.3 Å². The summed E-state index contributed by atoms with van der Waals surface area (Å²) in [5.41, 5.74) is 8.14. The van der Waals surface area contributed by atoms with Gasteiger partial charge in [-0.1, -0.05) is 18.2 Å². The third-order valence-electron chi connectivity index (χ3n) is 3.42. The van der Waals surface area contributed by atoms with Gasteiger partial charge in [0.25, 0.3) is 0 Å². The fourth-order valence-corrected chi connectivity index (χ4v) is 2.31. The van der Waals surface area contributed by atoms with Crippen LogP contribution in [0.5, 0.6) is 5.75 Å². The topological polar surface area (TPSA) is 53.7 Å². The van der Waals surface area contributed by atoms with Crippen molar-refractivity contribution >= 4 is 5.69 Å². The highest BCUT2D eigenvalue weighted by atomic mass is 19.1. The molecule has 2 N–H and O–H groups in total. The van der Waals surface area contributed by atoms with E-state index in [4.69, 9.17) is 19.9 Å². The van der Waals surface area contributed by atoms with Crippen LogP contribution in [0.3, 0.4) is 0 Å². The lowest BCUT2D eigenvalue weighted by atomic mass is 10.1. The second-order valence-electron chi connectivity index (χ2n) is 5.14. The lowest BCUT2D eigenvalue weighted by Crippen LogP contribution is -2.17. The maximum atomic E-state index is 13.1. The Kier molecular flexibility index (Phi) is 4.56. The molecule has 2 aromatic carbocycles. The number of rotatable bonds is 4. The van der Waals surface area contributed by atoms with Crippen LogP contribution in [0.1, 0.15) is 23.8 Å². The van der Waals surface area contributed by atoms with Crippen LogP contribution in [0.15, 0.2) is 42.5 Å². The number of hydrogen-bond donors (Lipinski definition) is 1. The number of hydrogen-bond acceptors (Lipinski definition) is 4. The zero-order chi connectivity index (χ0) is 15.4. The molecule has 0 radical (unpaired) electrons. The minimum absolute atomic E-state index is 0.262. The number of nitrogens with two attached hydrogens (primary N) is 1. The van der Waals surface area contributed by atoms with Gasteiger partial charge in [0.05, 0.1) is 18.9 Å². The van der Waals surface area contributed by atoms with Gasteiger partial charge in [0, 0.05) is 5.56 Å². The third-order valence-corrected chi connectivity index (χ3v) is 3.42. The number of halogens is 1. The minimum Gasteiger partial charge on any atom is -0.487 e. The van der Waals surface area contributed by atoms with Gasteiger partial charge in [0.15, 0.2) is 6.29 Å². The summed E-state index contributed by atoms with van der Waals surface area (Å²) in [5.74, 6) is 0.278. The molecule has 116 valence electrons. The molecule has 1 saturated heterocycles. The summed E-state index contributed by atoms with van der Waals surface area (Å²) in [6, 6.07) is 11.7. The van der Waals surface area contributed by atoms with E-state index in [1.165, 1.54) is 12.1 Å². The normalized spacial score (nSPS) is 15.7. The van der Waals surface area contributed by atoms with Gasteiger partial charge in [-0.3, -0.25) is 0 Å². The molecule has 1 aliphatic heterocycles. The Morgan fingerprint density at radius 1 is 1.14 bits per heavy atom. The second-order valence-corrected chi connectivity index (χ2v) is 5.14. The first-order valence-corrected chi connectivity index (χ1v) is 7.22. The van der Waals surface area contributed by atoms with E-state index in [9.17, 15) is 4.39 Å². The van der Waals surface area contributed by atoms with Crippen LogP contribution in [0, 0.1) is 5.82 Å². The molecule has 4 nitrogen and oxygen atoms in total. The van der Waals surface area contributed by atoms with Crippen molar-refractivity contribution in [2.75, 3.05) is 18.9 Å². The molecule has 0 spiro atoms. The molecule has 22 heavy (non-hydrogen) atoms. The van der Waals surface area contributed by atoms with Crippen LogP contribution in [0.4, 0.5) is 10.1 Å². The van der Waals surface area contributed by atoms with Crippen molar-refractivity contribution in [2.24, 2.45) is 0 Å². The average Bonchev–Trinajstić information content (AvgIpc) is 2.54. The fourth-order valence-electron chi connectivity index (χ4n) is 2.31. The third kappa shape index (κ3) is 3.55. The lowest BCUT2D eigenvalue weighted by Gasteiger charge is -2.24. The zero-order valence-corrected chi connectivity index (χ0v) is 12.1. The summed E-state index contributed by atoms with van der Waals surface area (Å²) in [5, 5.41) is 0. The number of benzene rings is 2. The zero-order valence-electron chi connectivity index (χ0n) is 12.1. The van der Waals surface area contributed by atoms with Crippen molar-refractivity contribution in [1.29, 1.82) is 0 Å². The molecule has 0 aromatic heterocycles. The lowest BCUT2D eigenvalue weighted by molar-refractivity contribution is -0.183. The Morgan fingerprint density at radius 3 is 2.68 bits per heavy atom. The van der Waals surface area contributed by atoms with Gasteiger partial charge in [0.2, 0.25) is 0 Å². The number of nitrogen functional groups attached to an aromatic ring is 1. The van der Waals surface area contributed by atoms with Gasteiger partial charge >= 0.3 is 0 Å². The highest BCUT2D eigenvalue weighted by molar-refractivity contribution is 5.54. The standard InChI is InChI=1S/C17H18FNO3/c18-14-4-1-3-12(9-14)11-22-16-6-5-13(10-15(16)19)17-20-7-2-8-21-17/h1,3-6,9-10,17H,2,7-8,11,19H2. The van der Waals surface area contributed by atoms with Crippen molar-refractivity contribution < 1.29 is 18.6 Å². The molecule has 0 unspecified atom stereocenters. The maximum Gasteiger partial charge on any atom is 0.183 e. The Morgan fingerprint density at radius 2 is 1.95 bits per heavy atom.